The van der Waals surface area contributed by atoms with Crippen molar-refractivity contribution >= 4 is 23.6 Å². The van der Waals surface area contributed by atoms with Gasteiger partial charge in [0.1, 0.15) is 5.75 Å². The Kier molecular flexibility index (Phi) is 6.19. The molecule has 8 nitrogen and oxygen atoms in total. The van der Waals surface area contributed by atoms with Crippen molar-refractivity contribution in [1.82, 2.24) is 20.3 Å². The lowest BCUT2D eigenvalue weighted by molar-refractivity contribution is -0.133. The Morgan fingerprint density at radius 2 is 2.04 bits per heavy atom. The third-order valence-electron chi connectivity index (χ3n) is 3.18. The number of hydrogen-bond donors (Lipinski definition) is 2. The van der Waals surface area contributed by atoms with Crippen LogP contribution in [-0.4, -0.2) is 57.1 Å². The molecule has 2 rings (SSSR count). The number of carbonyl (C=O) groups excluding carboxylic acids is 1. The lowest BCUT2D eigenvalue weighted by atomic mass is 10.2. The fourth-order valence-corrected chi connectivity index (χ4v) is 2.55. The Bertz CT molecular complexity index is 715. The van der Waals surface area contributed by atoms with Crippen LogP contribution in [0.5, 0.6) is 5.75 Å². The summed E-state index contributed by atoms with van der Waals surface area (Å²) in [7, 11) is 1.59. The maximum atomic E-state index is 12.1. The molecule has 0 atom stereocenters. The summed E-state index contributed by atoms with van der Waals surface area (Å²) in [4.78, 5) is 22.5. The van der Waals surface area contributed by atoms with E-state index in [4.69, 9.17) is 9.84 Å². The molecule has 2 aromatic rings. The third-order valence-corrected chi connectivity index (χ3v) is 4.13. The van der Waals surface area contributed by atoms with Gasteiger partial charge < -0.3 is 15.2 Å². The van der Waals surface area contributed by atoms with E-state index in [1.54, 1.807) is 30.8 Å². The predicted octanol–water partition coefficient (Wildman–Crippen LogP) is 1.13. The zero-order valence-electron chi connectivity index (χ0n) is 13.4. The normalized spacial score (nSPS) is 10.4. The predicted molar refractivity (Wildman–Crippen MR) is 89.9 cm³/mol. The SMILES string of the molecule is COc1ccc(-n2nnc(C(=O)NCCSCC(=O)O)c2C)cc1. The van der Waals surface area contributed by atoms with Crippen LogP contribution in [-0.2, 0) is 4.79 Å². The van der Waals surface area contributed by atoms with Gasteiger partial charge in [-0.1, -0.05) is 5.21 Å². The highest BCUT2D eigenvalue weighted by Gasteiger charge is 2.17. The van der Waals surface area contributed by atoms with E-state index in [9.17, 15) is 9.59 Å². The molecular weight excluding hydrogens is 332 g/mol. The molecule has 1 aromatic carbocycles. The highest BCUT2D eigenvalue weighted by molar-refractivity contribution is 7.99. The standard InChI is InChI=1S/C15H18N4O4S/c1-10-14(15(22)16-7-8-24-9-13(20)21)17-18-19(10)11-3-5-12(23-2)6-4-11/h3-6H,7-9H2,1-2H3,(H,16,22)(H,20,21). The summed E-state index contributed by atoms with van der Waals surface area (Å²) in [5.74, 6) is 0.0628. The molecule has 0 aliphatic carbocycles. The van der Waals surface area contributed by atoms with Gasteiger partial charge in [-0.2, -0.15) is 0 Å². The van der Waals surface area contributed by atoms with Crippen LogP contribution in [0.4, 0.5) is 0 Å². The highest BCUT2D eigenvalue weighted by atomic mass is 32.2. The Balaban J connectivity index is 1.98. The van der Waals surface area contributed by atoms with Gasteiger partial charge in [-0.15, -0.1) is 16.9 Å². The summed E-state index contributed by atoms with van der Waals surface area (Å²) >= 11 is 1.24. The number of nitrogens with one attached hydrogen (secondary N) is 1. The first kappa shape index (κ1) is 17.8. The van der Waals surface area contributed by atoms with Crippen molar-refractivity contribution in [2.24, 2.45) is 0 Å². The van der Waals surface area contributed by atoms with Crippen LogP contribution in [0.1, 0.15) is 16.2 Å². The van der Waals surface area contributed by atoms with Gasteiger partial charge in [-0.05, 0) is 31.2 Å². The zero-order chi connectivity index (χ0) is 17.5. The van der Waals surface area contributed by atoms with E-state index in [0.29, 0.717) is 18.0 Å². The van der Waals surface area contributed by atoms with Crippen molar-refractivity contribution in [3.05, 3.63) is 35.7 Å². The number of hydrogen-bond acceptors (Lipinski definition) is 6. The molecule has 0 spiro atoms. The molecule has 1 heterocycles. The minimum absolute atomic E-state index is 0.0164. The van der Waals surface area contributed by atoms with Crippen molar-refractivity contribution < 1.29 is 19.4 Å². The number of amides is 1. The van der Waals surface area contributed by atoms with Crippen LogP contribution in [0, 0.1) is 6.92 Å². The van der Waals surface area contributed by atoms with E-state index in [2.05, 4.69) is 15.6 Å². The topological polar surface area (TPSA) is 106 Å². The number of carbonyl (C=O) groups is 2. The van der Waals surface area contributed by atoms with E-state index in [1.807, 2.05) is 12.1 Å². The fourth-order valence-electron chi connectivity index (χ4n) is 1.99. The maximum absolute atomic E-state index is 12.1. The quantitative estimate of drug-likeness (QED) is 0.687. The van der Waals surface area contributed by atoms with Crippen molar-refractivity contribution in [3.63, 3.8) is 0 Å². The summed E-state index contributed by atoms with van der Waals surface area (Å²) in [6.07, 6.45) is 0. The highest BCUT2D eigenvalue weighted by Crippen LogP contribution is 2.16. The van der Waals surface area contributed by atoms with Gasteiger partial charge in [0.15, 0.2) is 5.69 Å². The van der Waals surface area contributed by atoms with Crippen LogP contribution in [0.25, 0.3) is 5.69 Å². The average molecular weight is 350 g/mol. The zero-order valence-corrected chi connectivity index (χ0v) is 14.2. The number of carboxylic acid groups (broad SMARTS) is 1. The minimum Gasteiger partial charge on any atom is -0.497 e. The van der Waals surface area contributed by atoms with Crippen LogP contribution in [0.3, 0.4) is 0 Å². The van der Waals surface area contributed by atoms with Gasteiger partial charge in [-0.3, -0.25) is 9.59 Å². The van der Waals surface area contributed by atoms with Crippen molar-refractivity contribution in [1.29, 1.82) is 0 Å². The van der Waals surface area contributed by atoms with Crippen LogP contribution >= 0.6 is 11.8 Å². The summed E-state index contributed by atoms with van der Waals surface area (Å²) in [5.41, 5.74) is 1.64. The number of aliphatic carboxylic acids is 1. The molecule has 0 unspecified atom stereocenters. The molecule has 1 aromatic heterocycles. The number of nitrogens with zero attached hydrogens (tertiary/aromatic N) is 3. The first-order chi connectivity index (χ1) is 11.5. The lowest BCUT2D eigenvalue weighted by Crippen LogP contribution is -2.27. The van der Waals surface area contributed by atoms with E-state index in [-0.39, 0.29) is 17.4 Å². The molecule has 0 aliphatic heterocycles. The van der Waals surface area contributed by atoms with Crippen LogP contribution in [0.15, 0.2) is 24.3 Å². The molecule has 1 amide bonds. The monoisotopic (exact) mass is 350 g/mol. The Morgan fingerprint density at radius 1 is 1.33 bits per heavy atom. The first-order valence-corrected chi connectivity index (χ1v) is 8.33. The average Bonchev–Trinajstić information content (AvgIpc) is 2.96. The molecule has 128 valence electrons. The first-order valence-electron chi connectivity index (χ1n) is 7.17. The summed E-state index contributed by atoms with van der Waals surface area (Å²) < 4.78 is 6.69. The second kappa shape index (κ2) is 8.34. The van der Waals surface area contributed by atoms with E-state index < -0.39 is 5.97 Å². The smallest absolute Gasteiger partial charge is 0.313 e. The Morgan fingerprint density at radius 3 is 2.67 bits per heavy atom. The van der Waals surface area contributed by atoms with Crippen molar-refractivity contribution in [2.45, 2.75) is 6.92 Å². The molecule has 2 N–H and O–H groups in total. The van der Waals surface area contributed by atoms with Gasteiger partial charge in [0.2, 0.25) is 0 Å². The number of benzene rings is 1. The van der Waals surface area contributed by atoms with E-state index >= 15 is 0 Å². The second-order valence-electron chi connectivity index (χ2n) is 4.84. The molecule has 0 radical (unpaired) electrons. The summed E-state index contributed by atoms with van der Waals surface area (Å²) in [6, 6.07) is 7.25. The summed E-state index contributed by atoms with van der Waals surface area (Å²) in [5, 5.41) is 19.2. The molecular formula is C15H18N4O4S. The van der Waals surface area contributed by atoms with Gasteiger partial charge in [-0.25, -0.2) is 4.68 Å². The molecule has 0 bridgehead atoms. The molecule has 0 saturated heterocycles. The second-order valence-corrected chi connectivity index (χ2v) is 5.94. The Labute approximate surface area is 143 Å². The van der Waals surface area contributed by atoms with Crippen molar-refractivity contribution in [3.8, 4) is 11.4 Å². The number of aromatic nitrogens is 3. The largest absolute Gasteiger partial charge is 0.497 e. The van der Waals surface area contributed by atoms with Crippen LogP contribution < -0.4 is 10.1 Å². The number of thioether (sulfide) groups is 1. The molecule has 0 aliphatic rings. The van der Waals surface area contributed by atoms with E-state index in [0.717, 1.165) is 11.4 Å². The molecule has 24 heavy (non-hydrogen) atoms. The number of rotatable bonds is 8. The van der Waals surface area contributed by atoms with Crippen LogP contribution in [0.2, 0.25) is 0 Å². The number of methoxy groups -OCH3 is 1. The Hall–Kier alpha value is -2.55. The third kappa shape index (κ3) is 4.48. The van der Waals surface area contributed by atoms with Crippen molar-refractivity contribution in [2.75, 3.05) is 25.2 Å². The number of ether oxygens (including phenoxy) is 1. The molecule has 0 saturated carbocycles. The summed E-state index contributed by atoms with van der Waals surface area (Å²) in [6.45, 7) is 2.13. The number of carboxylic acids is 1. The fraction of sp³-hybridized carbons (Fsp3) is 0.333. The molecule has 0 fully saturated rings. The van der Waals surface area contributed by atoms with Gasteiger partial charge in [0.25, 0.3) is 5.91 Å². The molecule has 9 heteroatoms. The lowest BCUT2D eigenvalue weighted by Gasteiger charge is -2.06. The maximum Gasteiger partial charge on any atom is 0.313 e. The van der Waals surface area contributed by atoms with Gasteiger partial charge in [0.05, 0.1) is 24.2 Å². The van der Waals surface area contributed by atoms with Gasteiger partial charge >= 0.3 is 5.97 Å². The van der Waals surface area contributed by atoms with E-state index in [1.165, 1.54) is 11.8 Å². The minimum atomic E-state index is -0.871. The van der Waals surface area contributed by atoms with Gasteiger partial charge in [0, 0.05) is 12.3 Å².